The third-order valence-electron chi connectivity index (χ3n) is 4.62. The molecule has 3 heteroatoms. The van der Waals surface area contributed by atoms with Gasteiger partial charge in [-0.1, -0.05) is 142 Å². The summed E-state index contributed by atoms with van der Waals surface area (Å²) in [6.45, 7) is 0. The fourth-order valence-electron chi connectivity index (χ4n) is 3.30. The molecule has 0 spiro atoms. The van der Waals surface area contributed by atoms with Gasteiger partial charge in [-0.05, 0) is 50.0 Å². The van der Waals surface area contributed by atoms with Gasteiger partial charge >= 0.3 is 0 Å². The summed E-state index contributed by atoms with van der Waals surface area (Å²) in [5, 5.41) is -4.32. The normalized spacial score (nSPS) is 20.2. The Kier molecular flexibility index (Phi) is 2.42. The van der Waals surface area contributed by atoms with Crippen molar-refractivity contribution in [2.24, 2.45) is 0 Å². The summed E-state index contributed by atoms with van der Waals surface area (Å²) in [5.41, 5.74) is -1.35. The Morgan fingerprint density at radius 3 is 1.55 bits per heavy atom. The third-order valence-corrected chi connectivity index (χ3v) is 9.25. The molecule has 0 heterocycles. The summed E-state index contributed by atoms with van der Waals surface area (Å²) in [6, 6.07) is -20.7. The molecular weight excluding hydrogens is 504 g/mol. The molecule has 5 rings (SSSR count). The molecule has 0 amide bonds. The molecule has 0 nitrogen and oxygen atoms in total. The molecule has 0 saturated carbocycles. The molecule has 0 aromatic heterocycles. The van der Waals surface area contributed by atoms with E-state index in [2.05, 4.69) is 15.9 Å². The Morgan fingerprint density at radius 2 is 1.03 bits per heavy atom. The van der Waals surface area contributed by atoms with E-state index in [0.29, 0.717) is 0 Å². The maximum absolute atomic E-state index is 9.70. The number of hydrogen-bond donors (Lipinski definition) is 0. The van der Waals surface area contributed by atoms with Gasteiger partial charge in [-0.15, -0.1) is 0 Å². The van der Waals surface area contributed by atoms with Gasteiger partial charge in [0.15, 0.2) is 8.07 Å². The second-order valence-electron chi connectivity index (χ2n) is 6.47. The predicted octanol–water partition coefficient (Wildman–Crippen LogP) is 6.15. The molecule has 160 valence electrons. The second-order valence-corrected chi connectivity index (χ2v) is 11.2. The average molecular weight is 547 g/mol. The van der Waals surface area contributed by atoms with Crippen LogP contribution in [-0.4, -0.2) is 8.07 Å². The lowest BCUT2D eigenvalue weighted by Crippen LogP contribution is -2.74. The zero-order valence-corrected chi connectivity index (χ0v) is 19.7. The summed E-state index contributed by atoms with van der Waals surface area (Å²) in [4.78, 5) is 0. The van der Waals surface area contributed by atoms with Crippen molar-refractivity contribution in [3.05, 3.63) is 142 Å². The molecule has 5 aromatic rings. The average Bonchev–Trinajstić information content (AvgIpc) is 3.12. The van der Waals surface area contributed by atoms with Gasteiger partial charge in [0.1, 0.15) is 0 Å². The van der Waals surface area contributed by atoms with Crippen LogP contribution in [0.3, 0.4) is 0 Å². The minimum absolute atomic E-state index is 0.0642. The fourth-order valence-corrected chi connectivity index (χ4v) is 7.62. The molecule has 0 fully saturated rings. The quantitative estimate of drug-likeness (QED) is 0.183. The molecule has 0 radical (unpaired) electrons. The Bertz CT molecular complexity index is 2220. The second kappa shape index (κ2) is 9.52. The van der Waals surface area contributed by atoms with E-state index in [0.717, 1.165) is 6.07 Å². The molecule has 33 heavy (non-hydrogen) atoms. The summed E-state index contributed by atoms with van der Waals surface area (Å²) in [7, 11) is -6.03. The maximum atomic E-state index is 9.70. The molecule has 0 aliphatic rings. The van der Waals surface area contributed by atoms with E-state index in [1.54, 1.807) is 0 Å². The SMILES string of the molecule is [2H]c1c([2H])c([2H])c([Si](c2c([2H])c([2H])c([2H])c([2H])c2[2H])(c2c([2H])c([2H])c([2H])c([2H])c2[2H])c2c([2H])c([2H])c([2H])c(-c3c([2H])c(Cl)cc(Br)c3[2H])c2[2H])c([2H])c1[2H]. The van der Waals surface area contributed by atoms with Crippen LogP contribution >= 0.6 is 27.5 Å². The lowest BCUT2D eigenvalue weighted by molar-refractivity contribution is 1.59. The molecule has 0 aliphatic carbocycles. The number of rotatable bonds is 5. The van der Waals surface area contributed by atoms with Gasteiger partial charge in [0, 0.05) is 9.50 Å². The zero-order valence-electron chi connectivity index (χ0n) is 37.3. The largest absolute Gasteiger partial charge is 0.179 e. The summed E-state index contributed by atoms with van der Waals surface area (Å²) in [5.74, 6) is 0. The van der Waals surface area contributed by atoms with Crippen molar-refractivity contribution in [2.75, 3.05) is 0 Å². The van der Waals surface area contributed by atoms with Gasteiger partial charge in [-0.25, -0.2) is 0 Å². The van der Waals surface area contributed by atoms with Crippen molar-refractivity contribution in [1.82, 2.24) is 0 Å². The van der Waals surface area contributed by atoms with Crippen LogP contribution in [0.5, 0.6) is 0 Å². The van der Waals surface area contributed by atoms with E-state index >= 15 is 0 Å². The van der Waals surface area contributed by atoms with Crippen LogP contribution in [0, 0.1) is 0 Å². The van der Waals surface area contributed by atoms with Crippen molar-refractivity contribution >= 4 is 56.4 Å². The lowest BCUT2D eigenvalue weighted by atomic mass is 10.1. The zero-order chi connectivity index (χ0) is 41.0. The van der Waals surface area contributed by atoms with Crippen LogP contribution < -0.4 is 20.7 Å². The maximum Gasteiger partial charge on any atom is 0.179 e. The summed E-state index contributed by atoms with van der Waals surface area (Å²) < 4.78 is 186. The first-order valence-corrected chi connectivity index (χ1v) is 12.4. The van der Waals surface area contributed by atoms with Crippen LogP contribution in [0.4, 0.5) is 0 Å². The molecule has 0 aliphatic heterocycles. The van der Waals surface area contributed by atoms with Crippen molar-refractivity contribution in [2.45, 2.75) is 0 Å². The monoisotopic (exact) mass is 545 g/mol. The molecule has 0 saturated heterocycles. The highest BCUT2D eigenvalue weighted by molar-refractivity contribution is 9.10. The first-order valence-electron chi connectivity index (χ1n) is 19.7. The number of benzene rings is 5. The standard InChI is InChI=1S/C30H22BrClSi/c31-25-19-24(20-26(32)22-25)23-11-10-18-30(21-23)33(27-12-4-1-5-13-27,28-14-6-2-7-15-28)29-16-8-3-9-17-29/h1-22H/i1D,2D,3D,4D,5D,6D,7D,8D,9D,10D,11D,12D,13D,14D,15D,16D,17D,18D,19D,20D,21D. The van der Waals surface area contributed by atoms with E-state index in [1.807, 2.05) is 0 Å². The predicted molar refractivity (Wildman–Crippen MR) is 148 cm³/mol. The van der Waals surface area contributed by atoms with E-state index in [-0.39, 0.29) is 9.50 Å². The van der Waals surface area contributed by atoms with Crippen molar-refractivity contribution in [3.8, 4) is 11.1 Å². The van der Waals surface area contributed by atoms with E-state index in [1.165, 1.54) is 0 Å². The van der Waals surface area contributed by atoms with Gasteiger partial charge in [0.2, 0.25) is 0 Å². The molecular formula is C30H22BrClSi. The number of halogens is 2. The van der Waals surface area contributed by atoms with Crippen molar-refractivity contribution in [1.29, 1.82) is 0 Å². The Balaban J connectivity index is 2.39. The summed E-state index contributed by atoms with van der Waals surface area (Å²) >= 11 is 9.41. The first kappa shape index (κ1) is 8.39. The minimum atomic E-state index is -6.03. The van der Waals surface area contributed by atoms with Crippen LogP contribution in [-0.2, 0) is 0 Å². The highest BCUT2D eigenvalue weighted by atomic mass is 79.9. The van der Waals surface area contributed by atoms with E-state index < -0.39 is 167 Å². The highest BCUT2D eigenvalue weighted by Gasteiger charge is 2.41. The van der Waals surface area contributed by atoms with Crippen LogP contribution in [0.25, 0.3) is 11.1 Å². The molecule has 0 unspecified atom stereocenters. The molecule has 0 bridgehead atoms. The van der Waals surface area contributed by atoms with Crippen molar-refractivity contribution in [3.63, 3.8) is 0 Å². The van der Waals surface area contributed by atoms with Gasteiger partial charge in [-0.3, -0.25) is 0 Å². The topological polar surface area (TPSA) is 0 Å². The molecule has 0 N–H and O–H groups in total. The Morgan fingerprint density at radius 1 is 0.545 bits per heavy atom. The number of hydrogen-bond acceptors (Lipinski definition) is 0. The fraction of sp³-hybridized carbons (Fsp3) is 0. The third kappa shape index (κ3) is 4.22. The van der Waals surface area contributed by atoms with Crippen molar-refractivity contribution < 1.29 is 28.8 Å². The summed E-state index contributed by atoms with van der Waals surface area (Å²) in [6.07, 6.45) is 0. The van der Waals surface area contributed by atoms with Gasteiger partial charge in [0.05, 0.1) is 28.8 Å². The Hall–Kier alpha value is -2.91. The van der Waals surface area contributed by atoms with E-state index in [4.69, 9.17) is 37.6 Å². The van der Waals surface area contributed by atoms with Crippen LogP contribution in [0.2, 0.25) is 5.02 Å². The van der Waals surface area contributed by atoms with Crippen LogP contribution in [0.1, 0.15) is 28.8 Å². The van der Waals surface area contributed by atoms with Gasteiger partial charge in [-0.2, -0.15) is 0 Å². The molecule has 5 aromatic carbocycles. The van der Waals surface area contributed by atoms with Crippen LogP contribution in [0.15, 0.2) is 137 Å². The Labute approximate surface area is 239 Å². The van der Waals surface area contributed by atoms with Gasteiger partial charge < -0.3 is 0 Å². The van der Waals surface area contributed by atoms with E-state index in [9.17, 15) is 2.74 Å². The molecule has 0 atom stereocenters. The highest BCUT2D eigenvalue weighted by Crippen LogP contribution is 2.27. The minimum Gasteiger partial charge on any atom is -0.0843 e. The lowest BCUT2D eigenvalue weighted by Gasteiger charge is -2.34. The smallest absolute Gasteiger partial charge is 0.0843 e. The van der Waals surface area contributed by atoms with Gasteiger partial charge in [0.25, 0.3) is 0 Å². The first-order chi connectivity index (χ1) is 24.9.